The maximum Gasteiger partial charge on any atom is 0.224 e. The van der Waals surface area contributed by atoms with Gasteiger partial charge in [0.05, 0.1) is 6.42 Å². The molecule has 2 aromatic rings. The molecule has 3 rings (SSSR count). The number of nitrogens with two attached hydrogens (primary N) is 1. The molecule has 6 nitrogen and oxygen atoms in total. The molecule has 134 valence electrons. The SMILES string of the molecule is NCCC(=O)N[C@H]1CC[C@H](NC(=O)Cc2c[nH]c3ccccc23)CC1. The van der Waals surface area contributed by atoms with Crippen LogP contribution in [0, 0.1) is 0 Å². The Labute approximate surface area is 147 Å². The highest BCUT2D eigenvalue weighted by Gasteiger charge is 2.23. The number of carbonyl (C=O) groups excluding carboxylic acids is 2. The molecule has 0 saturated heterocycles. The smallest absolute Gasteiger partial charge is 0.224 e. The molecule has 0 radical (unpaired) electrons. The maximum absolute atomic E-state index is 12.4. The van der Waals surface area contributed by atoms with Crippen molar-refractivity contribution < 1.29 is 9.59 Å². The summed E-state index contributed by atoms with van der Waals surface area (Å²) < 4.78 is 0. The lowest BCUT2D eigenvalue weighted by Crippen LogP contribution is -2.44. The van der Waals surface area contributed by atoms with Gasteiger partial charge in [-0.2, -0.15) is 0 Å². The zero-order chi connectivity index (χ0) is 17.6. The van der Waals surface area contributed by atoms with Crippen LogP contribution in [0.4, 0.5) is 0 Å². The van der Waals surface area contributed by atoms with Crippen LogP contribution in [0.25, 0.3) is 10.9 Å². The van der Waals surface area contributed by atoms with Gasteiger partial charge in [0.1, 0.15) is 0 Å². The van der Waals surface area contributed by atoms with Gasteiger partial charge in [0.15, 0.2) is 0 Å². The third-order valence-corrected chi connectivity index (χ3v) is 4.85. The highest BCUT2D eigenvalue weighted by Crippen LogP contribution is 2.20. The van der Waals surface area contributed by atoms with Crippen molar-refractivity contribution in [3.05, 3.63) is 36.0 Å². The Morgan fingerprint density at radius 1 is 1.04 bits per heavy atom. The molecule has 1 aromatic carbocycles. The zero-order valence-electron chi connectivity index (χ0n) is 14.4. The molecule has 1 aliphatic rings. The number of nitrogens with one attached hydrogen (secondary N) is 3. The Balaban J connectivity index is 1.46. The summed E-state index contributed by atoms with van der Waals surface area (Å²) in [7, 11) is 0. The molecule has 2 amide bonds. The first-order chi connectivity index (χ1) is 12.2. The van der Waals surface area contributed by atoms with E-state index in [1.54, 1.807) is 0 Å². The minimum Gasteiger partial charge on any atom is -0.361 e. The van der Waals surface area contributed by atoms with Crippen molar-refractivity contribution in [2.45, 2.75) is 50.6 Å². The fourth-order valence-electron chi connectivity index (χ4n) is 3.54. The first-order valence-electron chi connectivity index (χ1n) is 8.99. The van der Waals surface area contributed by atoms with Gasteiger partial charge < -0.3 is 21.4 Å². The van der Waals surface area contributed by atoms with Gasteiger partial charge in [-0.05, 0) is 37.3 Å². The molecule has 6 heteroatoms. The van der Waals surface area contributed by atoms with Crippen LogP contribution in [-0.2, 0) is 16.0 Å². The molecule has 1 fully saturated rings. The van der Waals surface area contributed by atoms with Crippen LogP contribution < -0.4 is 16.4 Å². The van der Waals surface area contributed by atoms with Gasteiger partial charge in [-0.15, -0.1) is 0 Å². The summed E-state index contributed by atoms with van der Waals surface area (Å²) in [6, 6.07) is 8.41. The molecule has 1 aliphatic carbocycles. The number of para-hydroxylation sites is 1. The van der Waals surface area contributed by atoms with Crippen LogP contribution >= 0.6 is 0 Å². The maximum atomic E-state index is 12.4. The number of hydrogen-bond acceptors (Lipinski definition) is 3. The van der Waals surface area contributed by atoms with E-state index in [4.69, 9.17) is 5.73 Å². The molecule has 1 saturated carbocycles. The van der Waals surface area contributed by atoms with Crippen molar-refractivity contribution in [1.29, 1.82) is 0 Å². The van der Waals surface area contributed by atoms with E-state index in [1.807, 2.05) is 30.5 Å². The van der Waals surface area contributed by atoms with Gasteiger partial charge in [-0.25, -0.2) is 0 Å². The predicted octanol–water partition coefficient (Wildman–Crippen LogP) is 1.60. The first kappa shape index (κ1) is 17.5. The van der Waals surface area contributed by atoms with Crippen LogP contribution in [0.2, 0.25) is 0 Å². The van der Waals surface area contributed by atoms with Crippen LogP contribution in [0.5, 0.6) is 0 Å². The summed E-state index contributed by atoms with van der Waals surface area (Å²) in [6.07, 6.45) is 6.26. The molecule has 5 N–H and O–H groups in total. The predicted molar refractivity (Wildman–Crippen MR) is 98.0 cm³/mol. The molecule has 25 heavy (non-hydrogen) atoms. The Kier molecular flexibility index (Phi) is 5.71. The second-order valence-corrected chi connectivity index (χ2v) is 6.76. The average Bonchev–Trinajstić information content (AvgIpc) is 3.00. The number of H-pyrrole nitrogens is 1. The third-order valence-electron chi connectivity index (χ3n) is 4.85. The number of carbonyl (C=O) groups is 2. The normalized spacial score (nSPS) is 20.4. The second kappa shape index (κ2) is 8.16. The summed E-state index contributed by atoms with van der Waals surface area (Å²) in [5.41, 5.74) is 7.47. The number of amides is 2. The molecular weight excluding hydrogens is 316 g/mol. The zero-order valence-corrected chi connectivity index (χ0v) is 14.4. The Morgan fingerprint density at radius 2 is 1.68 bits per heavy atom. The molecule has 1 aromatic heterocycles. The molecule has 0 spiro atoms. The monoisotopic (exact) mass is 342 g/mol. The summed E-state index contributed by atoms with van der Waals surface area (Å²) in [5.74, 6) is 0.0784. The quantitative estimate of drug-likeness (QED) is 0.641. The van der Waals surface area contributed by atoms with Gasteiger partial charge in [-0.1, -0.05) is 18.2 Å². The standard InChI is InChI=1S/C19H26N4O2/c20-10-9-18(24)22-14-5-7-15(8-6-14)23-19(25)11-13-12-21-17-4-2-1-3-16(13)17/h1-4,12,14-15,21H,5-11,20H2,(H,22,24)(H,23,25)/t14-,15-. The lowest BCUT2D eigenvalue weighted by Gasteiger charge is -2.29. The van der Waals surface area contributed by atoms with Crippen LogP contribution in [0.15, 0.2) is 30.5 Å². The largest absolute Gasteiger partial charge is 0.361 e. The van der Waals surface area contributed by atoms with Crippen molar-refractivity contribution in [2.75, 3.05) is 6.54 Å². The molecule has 1 heterocycles. The van der Waals surface area contributed by atoms with Crippen molar-refractivity contribution >= 4 is 22.7 Å². The van der Waals surface area contributed by atoms with Gasteiger partial charge in [0, 0.05) is 42.1 Å². The summed E-state index contributed by atoms with van der Waals surface area (Å²) in [5, 5.41) is 7.25. The van der Waals surface area contributed by atoms with E-state index in [2.05, 4.69) is 15.6 Å². The van der Waals surface area contributed by atoms with Crippen molar-refractivity contribution in [3.8, 4) is 0 Å². The third kappa shape index (κ3) is 4.60. The highest BCUT2D eigenvalue weighted by molar-refractivity contribution is 5.88. The summed E-state index contributed by atoms with van der Waals surface area (Å²) >= 11 is 0. The molecule has 0 atom stereocenters. The fourth-order valence-corrected chi connectivity index (χ4v) is 3.54. The van der Waals surface area contributed by atoms with Gasteiger partial charge in [0.2, 0.25) is 11.8 Å². The number of fused-ring (bicyclic) bond motifs is 1. The molecule has 0 aliphatic heterocycles. The van der Waals surface area contributed by atoms with E-state index in [9.17, 15) is 9.59 Å². The topological polar surface area (TPSA) is 100 Å². The lowest BCUT2D eigenvalue weighted by atomic mass is 9.91. The van der Waals surface area contributed by atoms with Crippen molar-refractivity contribution in [3.63, 3.8) is 0 Å². The van der Waals surface area contributed by atoms with Gasteiger partial charge >= 0.3 is 0 Å². The Bertz CT molecular complexity index is 732. The van der Waals surface area contributed by atoms with E-state index in [0.29, 0.717) is 19.4 Å². The number of aromatic amines is 1. The van der Waals surface area contributed by atoms with Gasteiger partial charge in [0.25, 0.3) is 0 Å². The number of rotatable bonds is 6. The average molecular weight is 342 g/mol. The van der Waals surface area contributed by atoms with E-state index in [-0.39, 0.29) is 23.9 Å². The molecule has 0 unspecified atom stereocenters. The van der Waals surface area contributed by atoms with E-state index in [1.165, 1.54) is 0 Å². The second-order valence-electron chi connectivity index (χ2n) is 6.76. The number of aromatic nitrogens is 1. The van der Waals surface area contributed by atoms with E-state index in [0.717, 1.165) is 42.1 Å². The number of benzene rings is 1. The van der Waals surface area contributed by atoms with Crippen LogP contribution in [-0.4, -0.2) is 35.4 Å². The van der Waals surface area contributed by atoms with Crippen LogP contribution in [0.3, 0.4) is 0 Å². The van der Waals surface area contributed by atoms with Crippen LogP contribution in [0.1, 0.15) is 37.7 Å². The van der Waals surface area contributed by atoms with Gasteiger partial charge in [-0.3, -0.25) is 9.59 Å². The highest BCUT2D eigenvalue weighted by atomic mass is 16.2. The van der Waals surface area contributed by atoms with E-state index >= 15 is 0 Å². The fraction of sp³-hybridized carbons (Fsp3) is 0.474. The Hall–Kier alpha value is -2.34. The summed E-state index contributed by atoms with van der Waals surface area (Å²) in [6.45, 7) is 0.380. The number of hydrogen-bond donors (Lipinski definition) is 4. The Morgan fingerprint density at radius 3 is 2.36 bits per heavy atom. The first-order valence-corrected chi connectivity index (χ1v) is 8.99. The molecule has 0 bridgehead atoms. The lowest BCUT2D eigenvalue weighted by molar-refractivity contribution is -0.123. The minimum atomic E-state index is 0.0225. The van der Waals surface area contributed by atoms with Crippen molar-refractivity contribution in [1.82, 2.24) is 15.6 Å². The minimum absolute atomic E-state index is 0.0225. The van der Waals surface area contributed by atoms with Crippen molar-refractivity contribution in [2.24, 2.45) is 5.73 Å². The molecular formula is C19H26N4O2. The van der Waals surface area contributed by atoms with E-state index < -0.39 is 0 Å². The summed E-state index contributed by atoms with van der Waals surface area (Å²) in [4.78, 5) is 27.2.